The normalized spacial score (nSPS) is 22.1. The molecule has 0 bridgehead atoms. The Morgan fingerprint density at radius 2 is 2.22 bits per heavy atom. The van der Waals surface area contributed by atoms with Crippen molar-refractivity contribution in [1.29, 1.82) is 0 Å². The molecule has 5 nitrogen and oxygen atoms in total. The van der Waals surface area contributed by atoms with Gasteiger partial charge in [0.2, 0.25) is 6.79 Å². The van der Waals surface area contributed by atoms with Gasteiger partial charge >= 0.3 is 0 Å². The number of fused-ring (bicyclic) bond motifs is 1. The molecule has 2 aliphatic rings. The lowest BCUT2D eigenvalue weighted by Crippen LogP contribution is -2.43. The van der Waals surface area contributed by atoms with E-state index < -0.39 is 0 Å². The van der Waals surface area contributed by atoms with Crippen molar-refractivity contribution in [2.45, 2.75) is 12.6 Å². The van der Waals surface area contributed by atoms with E-state index in [1.807, 2.05) is 12.1 Å². The van der Waals surface area contributed by atoms with Gasteiger partial charge in [0.15, 0.2) is 11.5 Å². The van der Waals surface area contributed by atoms with Gasteiger partial charge in [0, 0.05) is 26.2 Å². The number of nitrogens with one attached hydrogen (secondary N) is 2. The first-order valence-corrected chi connectivity index (χ1v) is 6.33. The number of rotatable bonds is 4. The van der Waals surface area contributed by atoms with Gasteiger partial charge in [-0.05, 0) is 17.7 Å². The van der Waals surface area contributed by atoms with Crippen LogP contribution in [0.25, 0.3) is 0 Å². The van der Waals surface area contributed by atoms with Crippen molar-refractivity contribution in [1.82, 2.24) is 10.6 Å². The summed E-state index contributed by atoms with van der Waals surface area (Å²) in [6.45, 7) is 4.69. The zero-order valence-corrected chi connectivity index (χ0v) is 10.3. The highest BCUT2D eigenvalue weighted by atomic mass is 16.7. The predicted molar refractivity (Wildman–Crippen MR) is 66.9 cm³/mol. The fourth-order valence-corrected chi connectivity index (χ4v) is 2.18. The van der Waals surface area contributed by atoms with Gasteiger partial charge in [-0.25, -0.2) is 0 Å². The lowest BCUT2D eigenvalue weighted by molar-refractivity contribution is 0.0290. The molecule has 5 heteroatoms. The molecule has 0 aromatic heterocycles. The second-order valence-corrected chi connectivity index (χ2v) is 4.52. The van der Waals surface area contributed by atoms with E-state index in [4.69, 9.17) is 14.2 Å². The summed E-state index contributed by atoms with van der Waals surface area (Å²) >= 11 is 0. The van der Waals surface area contributed by atoms with Gasteiger partial charge in [-0.3, -0.25) is 0 Å². The van der Waals surface area contributed by atoms with Gasteiger partial charge in [0.1, 0.15) is 0 Å². The lowest BCUT2D eigenvalue weighted by atomic mass is 10.2. The fourth-order valence-electron chi connectivity index (χ4n) is 2.18. The summed E-state index contributed by atoms with van der Waals surface area (Å²) in [5.74, 6) is 1.67. The molecule has 0 radical (unpaired) electrons. The second kappa shape index (κ2) is 5.56. The molecule has 0 saturated carbocycles. The molecule has 2 heterocycles. The molecule has 0 spiro atoms. The van der Waals surface area contributed by atoms with Crippen LogP contribution in [0.2, 0.25) is 0 Å². The van der Waals surface area contributed by atoms with Crippen LogP contribution in [0.3, 0.4) is 0 Å². The minimum Gasteiger partial charge on any atom is -0.454 e. The van der Waals surface area contributed by atoms with Crippen molar-refractivity contribution in [2.75, 3.05) is 33.0 Å². The maximum atomic E-state index is 5.62. The molecule has 1 atom stereocenters. The number of benzene rings is 1. The van der Waals surface area contributed by atoms with Crippen molar-refractivity contribution >= 4 is 0 Å². The van der Waals surface area contributed by atoms with E-state index in [0.717, 1.165) is 44.3 Å². The van der Waals surface area contributed by atoms with Crippen LogP contribution >= 0.6 is 0 Å². The standard InChI is InChI=1S/C13H18N2O3/c1-2-12-13(18-9-17-12)5-10(1)6-15-8-11-7-14-3-4-16-11/h1-2,5,11,14-15H,3-4,6-9H2. The average Bonchev–Trinajstić information content (AvgIpc) is 2.87. The summed E-state index contributed by atoms with van der Waals surface area (Å²) in [6, 6.07) is 6.04. The Bertz CT molecular complexity index is 405. The molecular formula is C13H18N2O3. The first kappa shape index (κ1) is 11.8. The third kappa shape index (κ3) is 2.75. The number of hydrogen-bond donors (Lipinski definition) is 2. The molecule has 2 N–H and O–H groups in total. The van der Waals surface area contributed by atoms with Gasteiger partial charge in [-0.1, -0.05) is 6.07 Å². The van der Waals surface area contributed by atoms with Gasteiger partial charge in [-0.2, -0.15) is 0 Å². The van der Waals surface area contributed by atoms with Crippen LogP contribution in [0.5, 0.6) is 11.5 Å². The Kier molecular flexibility index (Phi) is 3.64. The van der Waals surface area contributed by atoms with E-state index in [2.05, 4.69) is 16.7 Å². The smallest absolute Gasteiger partial charge is 0.231 e. The van der Waals surface area contributed by atoms with Crippen LogP contribution in [-0.4, -0.2) is 39.1 Å². The third-order valence-corrected chi connectivity index (χ3v) is 3.14. The quantitative estimate of drug-likeness (QED) is 0.814. The molecule has 1 fully saturated rings. The van der Waals surface area contributed by atoms with E-state index in [1.165, 1.54) is 5.56 Å². The topological polar surface area (TPSA) is 51.8 Å². The summed E-state index contributed by atoms with van der Waals surface area (Å²) < 4.78 is 16.3. The number of ether oxygens (including phenoxy) is 3. The molecule has 0 aliphatic carbocycles. The SMILES string of the molecule is c1cc2c(cc1CNCC1CNCCO1)OCO2. The van der Waals surface area contributed by atoms with Gasteiger partial charge in [0.05, 0.1) is 12.7 Å². The van der Waals surface area contributed by atoms with E-state index >= 15 is 0 Å². The molecule has 0 amide bonds. The molecule has 1 aromatic carbocycles. The Hall–Kier alpha value is -1.30. The monoisotopic (exact) mass is 250 g/mol. The number of hydrogen-bond acceptors (Lipinski definition) is 5. The highest BCUT2D eigenvalue weighted by molar-refractivity contribution is 5.44. The Morgan fingerprint density at radius 3 is 3.11 bits per heavy atom. The second-order valence-electron chi connectivity index (χ2n) is 4.52. The molecule has 3 rings (SSSR count). The first-order chi connectivity index (χ1) is 8.92. The van der Waals surface area contributed by atoms with Crippen LogP contribution in [0, 0.1) is 0 Å². The molecule has 1 aromatic rings. The maximum absolute atomic E-state index is 5.62. The Balaban J connectivity index is 1.48. The van der Waals surface area contributed by atoms with Crippen molar-refractivity contribution in [3.63, 3.8) is 0 Å². The maximum Gasteiger partial charge on any atom is 0.231 e. The van der Waals surface area contributed by atoms with Crippen molar-refractivity contribution in [2.24, 2.45) is 0 Å². The summed E-state index contributed by atoms with van der Waals surface area (Å²) in [7, 11) is 0. The van der Waals surface area contributed by atoms with Gasteiger partial charge in [0.25, 0.3) is 0 Å². The largest absolute Gasteiger partial charge is 0.454 e. The highest BCUT2D eigenvalue weighted by Crippen LogP contribution is 2.32. The van der Waals surface area contributed by atoms with E-state index in [0.29, 0.717) is 6.79 Å². The summed E-state index contributed by atoms with van der Waals surface area (Å²) in [4.78, 5) is 0. The van der Waals surface area contributed by atoms with E-state index in [-0.39, 0.29) is 6.10 Å². The zero-order valence-electron chi connectivity index (χ0n) is 10.3. The predicted octanol–water partition coefficient (Wildman–Crippen LogP) is 0.493. The molecule has 2 aliphatic heterocycles. The molecule has 1 unspecified atom stereocenters. The van der Waals surface area contributed by atoms with Crippen LogP contribution < -0.4 is 20.1 Å². The Morgan fingerprint density at radius 1 is 1.28 bits per heavy atom. The summed E-state index contributed by atoms with van der Waals surface area (Å²) in [5, 5.41) is 6.72. The third-order valence-electron chi connectivity index (χ3n) is 3.14. The van der Waals surface area contributed by atoms with Crippen LogP contribution in [0.1, 0.15) is 5.56 Å². The zero-order chi connectivity index (χ0) is 12.2. The number of morpholine rings is 1. The minimum atomic E-state index is 0.271. The van der Waals surface area contributed by atoms with Crippen molar-refractivity contribution in [3.8, 4) is 11.5 Å². The van der Waals surface area contributed by atoms with E-state index in [1.54, 1.807) is 0 Å². The van der Waals surface area contributed by atoms with Crippen molar-refractivity contribution < 1.29 is 14.2 Å². The van der Waals surface area contributed by atoms with Crippen LogP contribution in [0.4, 0.5) is 0 Å². The van der Waals surface area contributed by atoms with Gasteiger partial charge in [-0.15, -0.1) is 0 Å². The van der Waals surface area contributed by atoms with Gasteiger partial charge < -0.3 is 24.8 Å². The molecule has 98 valence electrons. The summed E-state index contributed by atoms with van der Waals surface area (Å²) in [5.41, 5.74) is 1.20. The van der Waals surface area contributed by atoms with Crippen LogP contribution in [-0.2, 0) is 11.3 Å². The lowest BCUT2D eigenvalue weighted by Gasteiger charge is -2.23. The molecule has 1 saturated heterocycles. The molecule has 18 heavy (non-hydrogen) atoms. The fraction of sp³-hybridized carbons (Fsp3) is 0.538. The average molecular weight is 250 g/mol. The Labute approximate surface area is 106 Å². The molecular weight excluding hydrogens is 232 g/mol. The summed E-state index contributed by atoms with van der Waals surface area (Å²) in [6.07, 6.45) is 0.271. The first-order valence-electron chi connectivity index (χ1n) is 6.33. The van der Waals surface area contributed by atoms with E-state index in [9.17, 15) is 0 Å². The minimum absolute atomic E-state index is 0.271. The highest BCUT2D eigenvalue weighted by Gasteiger charge is 2.14. The van der Waals surface area contributed by atoms with Crippen molar-refractivity contribution in [3.05, 3.63) is 23.8 Å². The van der Waals surface area contributed by atoms with Crippen LogP contribution in [0.15, 0.2) is 18.2 Å².